The van der Waals surface area contributed by atoms with E-state index in [1.165, 1.54) is 0 Å². The Bertz CT molecular complexity index is 158. The lowest BCUT2D eigenvalue weighted by molar-refractivity contribution is -0.139. The summed E-state index contributed by atoms with van der Waals surface area (Å²) in [6.45, 7) is 2.81. The van der Waals surface area contributed by atoms with E-state index in [9.17, 15) is 4.79 Å². The second-order valence-corrected chi connectivity index (χ2v) is 3.28. The van der Waals surface area contributed by atoms with Gasteiger partial charge in [0.15, 0.2) is 0 Å². The molecule has 58 valence electrons. The zero-order valence-corrected chi connectivity index (χ0v) is 6.35. The Morgan fingerprint density at radius 1 is 1.90 bits per heavy atom. The highest BCUT2D eigenvalue weighted by atomic mass is 16.4. The Hall–Kier alpha value is -0.570. The molecule has 0 bridgehead atoms. The van der Waals surface area contributed by atoms with Crippen molar-refractivity contribution in [2.24, 2.45) is 11.3 Å². The largest absolute Gasteiger partial charge is 0.481 e. The molecule has 2 atom stereocenters. The van der Waals surface area contributed by atoms with Crippen LogP contribution in [0, 0.1) is 11.3 Å². The first-order chi connectivity index (χ1) is 4.60. The van der Waals surface area contributed by atoms with Crippen LogP contribution in [-0.4, -0.2) is 24.7 Å². The van der Waals surface area contributed by atoms with E-state index in [0.29, 0.717) is 0 Å². The zero-order chi connectivity index (χ0) is 7.78. The van der Waals surface area contributed by atoms with Crippen molar-refractivity contribution in [1.82, 2.24) is 5.32 Å². The summed E-state index contributed by atoms with van der Waals surface area (Å²) in [4.78, 5) is 10.4. The predicted octanol–water partition coefficient (Wildman–Crippen LogP) is 0.317. The average Bonchev–Trinajstić information content (AvgIpc) is 2.43. The quantitative estimate of drug-likeness (QED) is 0.598. The van der Waals surface area contributed by atoms with Crippen molar-refractivity contribution in [1.29, 1.82) is 0 Å². The molecular formula is C7H13NO2. The molecule has 0 aliphatic heterocycles. The summed E-state index contributed by atoms with van der Waals surface area (Å²) in [5.41, 5.74) is 0.0284. The van der Waals surface area contributed by atoms with Crippen LogP contribution in [0.15, 0.2) is 0 Å². The predicted molar refractivity (Wildman–Crippen MR) is 37.8 cm³/mol. The fraction of sp³-hybridized carbons (Fsp3) is 0.857. The summed E-state index contributed by atoms with van der Waals surface area (Å²) in [7, 11) is 1.85. The Morgan fingerprint density at radius 3 is 2.80 bits per heavy atom. The number of nitrogens with one attached hydrogen (secondary N) is 1. The van der Waals surface area contributed by atoms with E-state index in [-0.39, 0.29) is 11.3 Å². The van der Waals surface area contributed by atoms with Gasteiger partial charge in [0.05, 0.1) is 5.92 Å². The van der Waals surface area contributed by atoms with Gasteiger partial charge in [-0.1, -0.05) is 6.92 Å². The van der Waals surface area contributed by atoms with Gasteiger partial charge < -0.3 is 10.4 Å². The number of carbonyl (C=O) groups is 1. The number of carboxylic acid groups (broad SMARTS) is 1. The normalized spacial score (nSPS) is 37.6. The van der Waals surface area contributed by atoms with Crippen LogP contribution in [0.2, 0.25) is 0 Å². The lowest BCUT2D eigenvalue weighted by atomic mass is 10.1. The van der Waals surface area contributed by atoms with Crippen molar-refractivity contribution in [3.8, 4) is 0 Å². The Morgan fingerprint density at radius 2 is 2.50 bits per heavy atom. The van der Waals surface area contributed by atoms with Gasteiger partial charge in [-0.2, -0.15) is 0 Å². The summed E-state index contributed by atoms with van der Waals surface area (Å²) in [5, 5.41) is 11.6. The van der Waals surface area contributed by atoms with Gasteiger partial charge in [0, 0.05) is 6.54 Å². The van der Waals surface area contributed by atoms with Crippen molar-refractivity contribution >= 4 is 5.97 Å². The fourth-order valence-electron chi connectivity index (χ4n) is 1.39. The summed E-state index contributed by atoms with van der Waals surface area (Å²) in [5.74, 6) is -0.766. The summed E-state index contributed by atoms with van der Waals surface area (Å²) in [6.07, 6.45) is 0.823. The summed E-state index contributed by atoms with van der Waals surface area (Å²) in [6, 6.07) is 0. The molecule has 1 saturated carbocycles. The first kappa shape index (κ1) is 7.54. The third kappa shape index (κ3) is 1.14. The van der Waals surface area contributed by atoms with Gasteiger partial charge in [-0.3, -0.25) is 4.79 Å². The minimum Gasteiger partial charge on any atom is -0.481 e. The van der Waals surface area contributed by atoms with E-state index >= 15 is 0 Å². The first-order valence-electron chi connectivity index (χ1n) is 3.47. The standard InChI is InChI=1S/C7H13NO2/c1-7(4-8-2)3-5(7)6(9)10/h5,8H,3-4H2,1-2H3,(H,9,10). The van der Waals surface area contributed by atoms with Crippen LogP contribution >= 0.6 is 0 Å². The topological polar surface area (TPSA) is 49.3 Å². The first-order valence-corrected chi connectivity index (χ1v) is 3.47. The summed E-state index contributed by atoms with van der Waals surface area (Å²) >= 11 is 0. The minimum atomic E-state index is -0.655. The smallest absolute Gasteiger partial charge is 0.307 e. The van der Waals surface area contributed by atoms with Crippen LogP contribution in [0.25, 0.3) is 0 Å². The number of carboxylic acids is 1. The highest BCUT2D eigenvalue weighted by molar-refractivity contribution is 5.74. The van der Waals surface area contributed by atoms with Crippen LogP contribution in [-0.2, 0) is 4.79 Å². The van der Waals surface area contributed by atoms with Crippen LogP contribution in [0.5, 0.6) is 0 Å². The molecule has 0 aromatic rings. The van der Waals surface area contributed by atoms with Crippen LogP contribution in [0.1, 0.15) is 13.3 Å². The maximum Gasteiger partial charge on any atom is 0.307 e. The van der Waals surface area contributed by atoms with Crippen molar-refractivity contribution < 1.29 is 9.90 Å². The van der Waals surface area contributed by atoms with Crippen LogP contribution in [0.3, 0.4) is 0 Å². The molecule has 2 N–H and O–H groups in total. The lowest BCUT2D eigenvalue weighted by Gasteiger charge is -2.06. The Labute approximate surface area is 60.4 Å². The molecule has 0 aromatic carbocycles. The van der Waals surface area contributed by atoms with Crippen LogP contribution < -0.4 is 5.32 Å². The molecule has 0 radical (unpaired) electrons. The third-order valence-electron chi connectivity index (χ3n) is 2.23. The molecule has 1 aliphatic carbocycles. The van der Waals surface area contributed by atoms with E-state index in [4.69, 9.17) is 5.11 Å². The second kappa shape index (κ2) is 2.23. The fourth-order valence-corrected chi connectivity index (χ4v) is 1.39. The molecule has 1 rings (SSSR count). The van der Waals surface area contributed by atoms with Crippen molar-refractivity contribution in [2.75, 3.05) is 13.6 Å². The van der Waals surface area contributed by atoms with Gasteiger partial charge in [0.25, 0.3) is 0 Å². The molecule has 0 aromatic heterocycles. The molecule has 1 fully saturated rings. The zero-order valence-electron chi connectivity index (χ0n) is 6.35. The van der Waals surface area contributed by atoms with E-state index < -0.39 is 5.97 Å². The Balaban J connectivity index is 2.40. The lowest BCUT2D eigenvalue weighted by Crippen LogP contribution is -2.21. The number of aliphatic carboxylic acids is 1. The highest BCUT2D eigenvalue weighted by Crippen LogP contribution is 2.51. The van der Waals surface area contributed by atoms with Crippen molar-refractivity contribution in [3.05, 3.63) is 0 Å². The molecular weight excluding hydrogens is 130 g/mol. The van der Waals surface area contributed by atoms with Crippen LogP contribution in [0.4, 0.5) is 0 Å². The number of hydrogen-bond donors (Lipinski definition) is 2. The van der Waals surface area contributed by atoms with Gasteiger partial charge >= 0.3 is 5.97 Å². The molecule has 10 heavy (non-hydrogen) atoms. The number of hydrogen-bond acceptors (Lipinski definition) is 2. The van der Waals surface area contributed by atoms with Crippen molar-refractivity contribution in [2.45, 2.75) is 13.3 Å². The highest BCUT2D eigenvalue weighted by Gasteiger charge is 2.54. The SMILES string of the molecule is CNCC1(C)CC1C(=O)O. The average molecular weight is 143 g/mol. The van der Waals surface area contributed by atoms with Gasteiger partial charge in [-0.15, -0.1) is 0 Å². The molecule has 0 heterocycles. The molecule has 3 nitrogen and oxygen atoms in total. The maximum absolute atomic E-state index is 10.4. The van der Waals surface area contributed by atoms with E-state index in [2.05, 4.69) is 5.32 Å². The summed E-state index contributed by atoms with van der Waals surface area (Å²) < 4.78 is 0. The van der Waals surface area contributed by atoms with E-state index in [0.717, 1.165) is 13.0 Å². The Kier molecular flexibility index (Phi) is 1.68. The van der Waals surface area contributed by atoms with Gasteiger partial charge in [-0.05, 0) is 18.9 Å². The van der Waals surface area contributed by atoms with E-state index in [1.54, 1.807) is 0 Å². The minimum absolute atomic E-state index is 0.0284. The monoisotopic (exact) mass is 143 g/mol. The second-order valence-electron chi connectivity index (χ2n) is 3.28. The van der Waals surface area contributed by atoms with Gasteiger partial charge in [0.1, 0.15) is 0 Å². The van der Waals surface area contributed by atoms with Gasteiger partial charge in [-0.25, -0.2) is 0 Å². The van der Waals surface area contributed by atoms with Crippen molar-refractivity contribution in [3.63, 3.8) is 0 Å². The van der Waals surface area contributed by atoms with Gasteiger partial charge in [0.2, 0.25) is 0 Å². The maximum atomic E-state index is 10.4. The molecule has 0 spiro atoms. The molecule has 3 heteroatoms. The van der Waals surface area contributed by atoms with E-state index in [1.807, 2.05) is 14.0 Å². The molecule has 1 aliphatic rings. The number of rotatable bonds is 3. The molecule has 0 saturated heterocycles. The molecule has 2 unspecified atom stereocenters. The third-order valence-corrected chi connectivity index (χ3v) is 2.23. The molecule has 0 amide bonds.